The molecule has 28 heavy (non-hydrogen) atoms. The number of nitrogens with two attached hydrogens (primary N) is 1. The highest BCUT2D eigenvalue weighted by molar-refractivity contribution is 5.94. The van der Waals surface area contributed by atoms with Crippen LogP contribution in [0.4, 0.5) is 14.6 Å². The zero-order valence-electron chi connectivity index (χ0n) is 15.5. The van der Waals surface area contributed by atoms with Gasteiger partial charge in [0.2, 0.25) is 5.91 Å². The van der Waals surface area contributed by atoms with Gasteiger partial charge in [-0.2, -0.15) is 0 Å². The van der Waals surface area contributed by atoms with Crippen LogP contribution in [-0.4, -0.2) is 22.6 Å². The van der Waals surface area contributed by atoms with Gasteiger partial charge < -0.3 is 11.1 Å². The fourth-order valence-electron chi connectivity index (χ4n) is 2.77. The topological polar surface area (TPSA) is 80.9 Å². The molecule has 1 amide bonds. The number of halogens is 2. The lowest BCUT2D eigenvalue weighted by atomic mass is 9.84. The van der Waals surface area contributed by atoms with Crippen LogP contribution < -0.4 is 11.1 Å². The number of hydrogen-bond donors (Lipinski definition) is 2. The fourth-order valence-corrected chi connectivity index (χ4v) is 2.77. The summed E-state index contributed by atoms with van der Waals surface area (Å²) in [5, 5.41) is 11.4. The van der Waals surface area contributed by atoms with E-state index in [-0.39, 0.29) is 16.8 Å². The highest BCUT2D eigenvalue weighted by atomic mass is 19.1. The number of nitrogens with zero attached hydrogens (tertiary/aromatic N) is 2. The Balaban J connectivity index is 1.73. The van der Waals surface area contributed by atoms with Gasteiger partial charge in [0, 0.05) is 23.1 Å². The molecule has 0 saturated heterocycles. The van der Waals surface area contributed by atoms with Crippen molar-refractivity contribution in [1.82, 2.24) is 10.2 Å². The minimum atomic E-state index is -0.713. The number of nitrogens with one attached hydrogen (secondary N) is 1. The number of carbonyl (C=O) groups excluding carboxylic acids is 1. The van der Waals surface area contributed by atoms with Crippen LogP contribution in [0.2, 0.25) is 0 Å². The van der Waals surface area contributed by atoms with Gasteiger partial charge in [-0.05, 0) is 48.0 Å². The van der Waals surface area contributed by atoms with Gasteiger partial charge in [-0.3, -0.25) is 4.79 Å². The summed E-state index contributed by atoms with van der Waals surface area (Å²) in [5.41, 5.74) is 6.86. The monoisotopic (exact) mass is 382 g/mol. The third-order valence-electron chi connectivity index (χ3n) is 4.48. The smallest absolute Gasteiger partial charge is 0.248 e. The second-order valence-electron chi connectivity index (χ2n) is 7.14. The maximum Gasteiger partial charge on any atom is 0.248 e. The molecule has 1 aromatic heterocycles. The number of benzene rings is 2. The molecule has 7 heteroatoms. The average Bonchev–Trinajstić information content (AvgIpc) is 2.67. The van der Waals surface area contributed by atoms with Crippen molar-refractivity contribution < 1.29 is 13.6 Å². The number of aromatic nitrogens is 2. The Morgan fingerprint density at radius 2 is 1.71 bits per heavy atom. The molecule has 0 saturated carbocycles. The second-order valence-corrected chi connectivity index (χ2v) is 7.14. The summed E-state index contributed by atoms with van der Waals surface area (Å²) >= 11 is 0. The molecule has 0 unspecified atom stereocenters. The van der Waals surface area contributed by atoms with Crippen molar-refractivity contribution in [2.45, 2.75) is 19.3 Å². The Morgan fingerprint density at radius 3 is 2.32 bits per heavy atom. The summed E-state index contributed by atoms with van der Waals surface area (Å²) in [5.74, 6) is -1.01. The maximum atomic E-state index is 13.7. The van der Waals surface area contributed by atoms with E-state index in [0.29, 0.717) is 23.6 Å². The summed E-state index contributed by atoms with van der Waals surface area (Å²) < 4.78 is 26.8. The molecule has 3 N–H and O–H groups in total. The first-order valence-corrected chi connectivity index (χ1v) is 8.69. The van der Waals surface area contributed by atoms with Gasteiger partial charge >= 0.3 is 0 Å². The van der Waals surface area contributed by atoms with Gasteiger partial charge in [-0.1, -0.05) is 26.0 Å². The zero-order valence-corrected chi connectivity index (χ0v) is 15.5. The molecule has 0 aliphatic heterocycles. The quantitative estimate of drug-likeness (QED) is 0.677. The number of amides is 1. The van der Waals surface area contributed by atoms with E-state index in [1.54, 1.807) is 24.3 Å². The predicted molar refractivity (Wildman–Crippen MR) is 104 cm³/mol. The standard InChI is InChI=1S/C21H20F2N4O/c1-21(2,15-3-5-16(22)6-4-15)12-25-19-8-7-18(26-27-19)13-9-14(20(24)28)11-17(23)10-13/h3-11H,12H2,1-2H3,(H2,24,28)(H,25,27). The Morgan fingerprint density at radius 1 is 1.00 bits per heavy atom. The van der Waals surface area contributed by atoms with E-state index in [9.17, 15) is 13.6 Å². The number of hydrogen-bond acceptors (Lipinski definition) is 4. The number of anilines is 1. The molecule has 144 valence electrons. The first-order chi connectivity index (χ1) is 13.2. The normalized spacial score (nSPS) is 11.3. The molecule has 5 nitrogen and oxygen atoms in total. The van der Waals surface area contributed by atoms with Crippen LogP contribution in [0.25, 0.3) is 11.3 Å². The minimum absolute atomic E-state index is 0.0695. The Kier molecular flexibility index (Phi) is 5.35. The average molecular weight is 382 g/mol. The summed E-state index contributed by atoms with van der Waals surface area (Å²) in [6.07, 6.45) is 0. The van der Waals surface area contributed by atoms with Crippen LogP contribution >= 0.6 is 0 Å². The van der Waals surface area contributed by atoms with Gasteiger partial charge in [-0.25, -0.2) is 8.78 Å². The molecule has 3 aromatic rings. The molecule has 0 atom stereocenters. The Labute approximate surface area is 161 Å². The van der Waals surface area contributed by atoms with Crippen LogP contribution in [0.15, 0.2) is 54.6 Å². The van der Waals surface area contributed by atoms with Crippen LogP contribution in [0, 0.1) is 11.6 Å². The van der Waals surface area contributed by atoms with Gasteiger partial charge in [0.05, 0.1) is 5.69 Å². The SMILES string of the molecule is CC(C)(CNc1ccc(-c2cc(F)cc(C(N)=O)c2)nn1)c1ccc(F)cc1. The second kappa shape index (κ2) is 7.72. The highest BCUT2D eigenvalue weighted by Crippen LogP contribution is 2.24. The van der Waals surface area contributed by atoms with Crippen molar-refractivity contribution in [3.8, 4) is 11.3 Å². The van der Waals surface area contributed by atoms with Crippen molar-refractivity contribution in [1.29, 1.82) is 0 Å². The third-order valence-corrected chi connectivity index (χ3v) is 4.48. The van der Waals surface area contributed by atoms with Gasteiger partial charge in [0.25, 0.3) is 0 Å². The fraction of sp³-hybridized carbons (Fsp3) is 0.190. The van der Waals surface area contributed by atoms with Crippen molar-refractivity contribution >= 4 is 11.7 Å². The molecule has 0 bridgehead atoms. The zero-order chi connectivity index (χ0) is 20.3. The van der Waals surface area contributed by atoms with E-state index < -0.39 is 11.7 Å². The van der Waals surface area contributed by atoms with Crippen LogP contribution in [0.3, 0.4) is 0 Å². The molecular weight excluding hydrogens is 362 g/mol. The van der Waals surface area contributed by atoms with Crippen molar-refractivity contribution in [3.63, 3.8) is 0 Å². The first-order valence-electron chi connectivity index (χ1n) is 8.69. The number of primary amides is 1. The maximum absolute atomic E-state index is 13.7. The van der Waals surface area contributed by atoms with Gasteiger partial charge in [0.1, 0.15) is 17.5 Å². The van der Waals surface area contributed by atoms with E-state index in [4.69, 9.17) is 5.73 Å². The van der Waals surface area contributed by atoms with Crippen molar-refractivity contribution in [2.24, 2.45) is 5.73 Å². The van der Waals surface area contributed by atoms with E-state index in [1.165, 1.54) is 24.3 Å². The molecule has 0 fully saturated rings. The van der Waals surface area contributed by atoms with Gasteiger partial charge in [-0.15, -0.1) is 10.2 Å². The summed E-state index contributed by atoms with van der Waals surface area (Å²) in [6, 6.07) is 13.6. The molecule has 3 rings (SSSR count). The lowest BCUT2D eigenvalue weighted by Crippen LogP contribution is -2.28. The first kappa shape index (κ1) is 19.4. The van der Waals surface area contributed by atoms with Crippen molar-refractivity contribution in [3.05, 3.63) is 77.4 Å². The molecule has 0 spiro atoms. The van der Waals surface area contributed by atoms with Crippen LogP contribution in [-0.2, 0) is 5.41 Å². The summed E-state index contributed by atoms with van der Waals surface area (Å²) in [7, 11) is 0. The van der Waals surface area contributed by atoms with Crippen LogP contribution in [0.5, 0.6) is 0 Å². The summed E-state index contributed by atoms with van der Waals surface area (Å²) in [4.78, 5) is 11.3. The number of carbonyl (C=O) groups is 1. The lowest BCUT2D eigenvalue weighted by molar-refractivity contribution is 0.1000. The molecular formula is C21H20F2N4O. The predicted octanol–water partition coefficient (Wildman–Crippen LogP) is 3.91. The number of rotatable bonds is 6. The Bertz CT molecular complexity index is 986. The molecule has 0 radical (unpaired) electrons. The summed E-state index contributed by atoms with van der Waals surface area (Å²) in [6.45, 7) is 4.62. The molecule has 0 aliphatic rings. The van der Waals surface area contributed by atoms with Crippen molar-refractivity contribution in [2.75, 3.05) is 11.9 Å². The molecule has 0 aliphatic carbocycles. The van der Waals surface area contributed by atoms with Gasteiger partial charge in [0.15, 0.2) is 0 Å². The van der Waals surface area contributed by atoms with Crippen LogP contribution in [0.1, 0.15) is 29.8 Å². The van der Waals surface area contributed by atoms with E-state index in [0.717, 1.165) is 11.6 Å². The Hall–Kier alpha value is -3.35. The van der Waals surface area contributed by atoms with E-state index >= 15 is 0 Å². The molecule has 2 aromatic carbocycles. The lowest BCUT2D eigenvalue weighted by Gasteiger charge is -2.25. The van der Waals surface area contributed by atoms with E-state index in [1.807, 2.05) is 13.8 Å². The largest absolute Gasteiger partial charge is 0.368 e. The molecule has 1 heterocycles. The minimum Gasteiger partial charge on any atom is -0.368 e. The van der Waals surface area contributed by atoms with E-state index in [2.05, 4.69) is 15.5 Å². The third kappa shape index (κ3) is 4.49. The highest BCUT2D eigenvalue weighted by Gasteiger charge is 2.20.